The lowest BCUT2D eigenvalue weighted by atomic mass is 9.86. The van der Waals surface area contributed by atoms with Gasteiger partial charge in [-0.15, -0.1) is 0 Å². The average molecular weight is 461 g/mol. The number of halogens is 1. The molecule has 3 N–H and O–H groups in total. The maximum absolute atomic E-state index is 12.9. The first kappa shape index (κ1) is 23.7. The second-order valence-corrected chi connectivity index (χ2v) is 9.21. The molecule has 2 aromatic carbocycles. The van der Waals surface area contributed by atoms with Gasteiger partial charge in [-0.2, -0.15) is 0 Å². The number of rotatable bonds is 3. The van der Waals surface area contributed by atoms with Crippen molar-refractivity contribution in [3.05, 3.63) is 57.6 Å². The molecule has 1 unspecified atom stereocenters. The highest BCUT2D eigenvalue weighted by molar-refractivity contribution is 6.35. The number of hydrogen-bond donors (Lipinski definition) is 3. The fourth-order valence-electron chi connectivity index (χ4n) is 3.87. The van der Waals surface area contributed by atoms with Crippen LogP contribution in [-0.4, -0.2) is 52.3 Å². The van der Waals surface area contributed by atoms with Crippen LogP contribution in [0, 0.1) is 0 Å². The van der Waals surface area contributed by atoms with E-state index >= 15 is 0 Å². The van der Waals surface area contributed by atoms with Crippen molar-refractivity contribution >= 4 is 23.6 Å². The van der Waals surface area contributed by atoms with Crippen LogP contribution in [0.3, 0.4) is 0 Å². The smallest absolute Gasteiger partial charge is 0.410 e. The molecule has 1 aliphatic rings. The molecule has 0 spiro atoms. The highest BCUT2D eigenvalue weighted by atomic mass is 35.5. The Labute approximate surface area is 192 Å². The van der Waals surface area contributed by atoms with Gasteiger partial charge in [0.15, 0.2) is 0 Å². The van der Waals surface area contributed by atoms with Crippen molar-refractivity contribution in [3.8, 4) is 11.5 Å². The summed E-state index contributed by atoms with van der Waals surface area (Å²) in [5.74, 6) is -0.882. The maximum Gasteiger partial charge on any atom is 0.410 e. The summed E-state index contributed by atoms with van der Waals surface area (Å²) < 4.78 is 5.58. The summed E-state index contributed by atoms with van der Waals surface area (Å²) in [5, 5.41) is 23.3. The number of carbonyl (C=O) groups is 2. The first-order valence-electron chi connectivity index (χ1n) is 10.6. The Bertz CT molecular complexity index is 1010. The van der Waals surface area contributed by atoms with Crippen LogP contribution >= 0.6 is 11.6 Å². The highest BCUT2D eigenvalue weighted by Gasteiger charge is 2.33. The van der Waals surface area contributed by atoms with Gasteiger partial charge in [0.05, 0.1) is 10.6 Å². The van der Waals surface area contributed by atoms with E-state index in [4.69, 9.17) is 16.3 Å². The van der Waals surface area contributed by atoms with Crippen molar-refractivity contribution in [3.63, 3.8) is 0 Å². The van der Waals surface area contributed by atoms with Gasteiger partial charge in [-0.25, -0.2) is 4.79 Å². The Balaban J connectivity index is 2.11. The van der Waals surface area contributed by atoms with E-state index in [9.17, 15) is 19.8 Å². The molecule has 2 aromatic rings. The molecule has 172 valence electrons. The van der Waals surface area contributed by atoms with E-state index in [1.165, 1.54) is 0 Å². The molecule has 0 fully saturated rings. The minimum Gasteiger partial charge on any atom is -0.508 e. The first-order chi connectivity index (χ1) is 15.0. The Kier molecular flexibility index (Phi) is 6.88. The molecule has 7 nitrogen and oxygen atoms in total. The standard InChI is InChI=1S/C24H29ClN2O5/c1-5-26-22(30)20-19(29)12-17-16(21(20)25)10-11-27(23(31)32-24(2,3)4)13-18(17)14-6-8-15(28)9-7-14/h6-9,12,18,28-29H,5,10-11,13H2,1-4H3,(H,26,30). The van der Waals surface area contributed by atoms with Crippen LogP contribution < -0.4 is 5.32 Å². The zero-order valence-corrected chi connectivity index (χ0v) is 19.5. The normalized spacial score (nSPS) is 16.2. The number of nitrogens with zero attached hydrogens (tertiary/aromatic N) is 1. The van der Waals surface area contributed by atoms with Crippen molar-refractivity contribution in [1.29, 1.82) is 0 Å². The summed E-state index contributed by atoms with van der Waals surface area (Å²) in [4.78, 5) is 27.0. The third-order valence-electron chi connectivity index (χ3n) is 5.30. The van der Waals surface area contributed by atoms with Gasteiger partial charge >= 0.3 is 6.09 Å². The van der Waals surface area contributed by atoms with Crippen LogP contribution in [0.5, 0.6) is 11.5 Å². The molecule has 1 heterocycles. The Morgan fingerprint density at radius 2 is 1.88 bits per heavy atom. The lowest BCUT2D eigenvalue weighted by Gasteiger charge is -2.29. The molecule has 0 aliphatic carbocycles. The van der Waals surface area contributed by atoms with Crippen LogP contribution in [0.15, 0.2) is 30.3 Å². The van der Waals surface area contributed by atoms with Gasteiger partial charge in [-0.3, -0.25) is 4.79 Å². The van der Waals surface area contributed by atoms with Gasteiger partial charge in [0.25, 0.3) is 5.91 Å². The van der Waals surface area contributed by atoms with Gasteiger partial charge in [-0.1, -0.05) is 23.7 Å². The Morgan fingerprint density at radius 3 is 2.47 bits per heavy atom. The van der Waals surface area contributed by atoms with Crippen LogP contribution in [-0.2, 0) is 11.2 Å². The van der Waals surface area contributed by atoms with E-state index in [2.05, 4.69) is 5.32 Å². The first-order valence-corrected chi connectivity index (χ1v) is 11.0. The molecule has 8 heteroatoms. The fourth-order valence-corrected chi connectivity index (χ4v) is 4.25. The van der Waals surface area contributed by atoms with Crippen LogP contribution in [0.4, 0.5) is 4.79 Å². The minimum absolute atomic E-state index is 0.0300. The number of hydrogen-bond acceptors (Lipinski definition) is 5. The third-order valence-corrected chi connectivity index (χ3v) is 5.72. The van der Waals surface area contributed by atoms with E-state index in [-0.39, 0.29) is 28.0 Å². The van der Waals surface area contributed by atoms with Crippen LogP contribution in [0.25, 0.3) is 0 Å². The van der Waals surface area contributed by atoms with Crippen molar-refractivity contribution in [2.45, 2.75) is 45.6 Å². The zero-order valence-electron chi connectivity index (χ0n) is 18.7. The van der Waals surface area contributed by atoms with Gasteiger partial charge in [0.2, 0.25) is 0 Å². The summed E-state index contributed by atoms with van der Waals surface area (Å²) in [7, 11) is 0. The van der Waals surface area contributed by atoms with Crippen LogP contribution in [0.2, 0.25) is 5.02 Å². The Morgan fingerprint density at radius 1 is 1.22 bits per heavy atom. The monoisotopic (exact) mass is 460 g/mol. The largest absolute Gasteiger partial charge is 0.508 e. The second-order valence-electron chi connectivity index (χ2n) is 8.83. The van der Waals surface area contributed by atoms with Crippen molar-refractivity contribution in [1.82, 2.24) is 10.2 Å². The van der Waals surface area contributed by atoms with E-state index in [1.807, 2.05) is 20.8 Å². The van der Waals surface area contributed by atoms with Gasteiger partial charge < -0.3 is 25.2 Å². The number of fused-ring (bicyclic) bond motifs is 1. The molecule has 0 saturated carbocycles. The summed E-state index contributed by atoms with van der Waals surface area (Å²) >= 11 is 6.65. The second kappa shape index (κ2) is 9.28. The third kappa shape index (κ3) is 5.10. The molecule has 0 saturated heterocycles. The van der Waals surface area contributed by atoms with E-state index in [0.29, 0.717) is 31.6 Å². The van der Waals surface area contributed by atoms with Gasteiger partial charge in [0.1, 0.15) is 17.1 Å². The summed E-state index contributed by atoms with van der Waals surface area (Å²) in [6.45, 7) is 8.24. The van der Waals surface area contributed by atoms with E-state index in [0.717, 1.165) is 11.1 Å². The topological polar surface area (TPSA) is 99.1 Å². The Hall–Kier alpha value is -2.93. The highest BCUT2D eigenvalue weighted by Crippen LogP contribution is 2.40. The molecule has 3 rings (SSSR count). The molecular formula is C24H29ClN2O5. The van der Waals surface area contributed by atoms with Crippen LogP contribution in [0.1, 0.15) is 60.7 Å². The zero-order chi connectivity index (χ0) is 23.6. The van der Waals surface area contributed by atoms with E-state index in [1.54, 1.807) is 42.2 Å². The number of amides is 2. The van der Waals surface area contributed by atoms with E-state index < -0.39 is 17.6 Å². The number of carbonyl (C=O) groups excluding carboxylic acids is 2. The van der Waals surface area contributed by atoms with Crippen molar-refractivity contribution in [2.75, 3.05) is 19.6 Å². The molecule has 0 radical (unpaired) electrons. The summed E-state index contributed by atoms with van der Waals surface area (Å²) in [6.07, 6.45) is -0.0484. The van der Waals surface area contributed by atoms with Gasteiger partial charge in [0, 0.05) is 25.6 Å². The number of phenolic OH excluding ortho intramolecular Hbond substituents is 2. The number of aromatic hydroxyl groups is 2. The number of phenols is 2. The number of benzene rings is 2. The lowest BCUT2D eigenvalue weighted by molar-refractivity contribution is 0.0251. The molecule has 0 aromatic heterocycles. The average Bonchev–Trinajstić information content (AvgIpc) is 2.88. The quantitative estimate of drug-likeness (QED) is 0.629. The molecule has 1 atom stereocenters. The SMILES string of the molecule is CCNC(=O)c1c(O)cc2c(c1Cl)CCN(C(=O)OC(C)(C)C)CC2c1ccc(O)cc1. The predicted molar refractivity (Wildman–Crippen MR) is 123 cm³/mol. The fraction of sp³-hybridized carbons (Fsp3) is 0.417. The molecule has 32 heavy (non-hydrogen) atoms. The number of ether oxygens (including phenoxy) is 1. The molecule has 0 bridgehead atoms. The molecular weight excluding hydrogens is 432 g/mol. The van der Waals surface area contributed by atoms with Crippen molar-refractivity contribution in [2.24, 2.45) is 0 Å². The lowest BCUT2D eigenvalue weighted by Crippen LogP contribution is -2.39. The molecule has 1 aliphatic heterocycles. The number of nitrogens with one attached hydrogen (secondary N) is 1. The minimum atomic E-state index is -0.647. The molecule has 2 amide bonds. The predicted octanol–water partition coefficient (Wildman–Crippen LogP) is 4.43. The summed E-state index contributed by atoms with van der Waals surface area (Å²) in [6, 6.07) is 8.24. The maximum atomic E-state index is 12.9. The van der Waals surface area contributed by atoms with Crippen molar-refractivity contribution < 1.29 is 24.5 Å². The summed E-state index contributed by atoms with van der Waals surface area (Å²) in [5.41, 5.74) is 1.65. The van der Waals surface area contributed by atoms with Gasteiger partial charge in [-0.05, 0) is 69.0 Å².